The molecular weight excluding hydrogens is 203 g/mol. The van der Waals surface area contributed by atoms with Gasteiger partial charge in [-0.2, -0.15) is 0 Å². The Morgan fingerprint density at radius 2 is 2.00 bits per heavy atom. The van der Waals surface area contributed by atoms with Crippen molar-refractivity contribution in [3.63, 3.8) is 0 Å². The minimum absolute atomic E-state index is 0.107. The van der Waals surface area contributed by atoms with Crippen LogP contribution in [0.15, 0.2) is 24.3 Å². The van der Waals surface area contributed by atoms with Gasteiger partial charge in [-0.25, -0.2) is 0 Å². The highest BCUT2D eigenvalue weighted by atomic mass is 31.1. The molecule has 0 amide bonds. The Morgan fingerprint density at radius 1 is 1.43 bits per heavy atom. The van der Waals surface area contributed by atoms with E-state index in [0.717, 1.165) is 0 Å². The summed E-state index contributed by atoms with van der Waals surface area (Å²) < 4.78 is 11.7. The fourth-order valence-electron chi connectivity index (χ4n) is 1.03. The number of benzene rings is 1. The topological polar surface area (TPSA) is 74.6 Å². The lowest BCUT2D eigenvalue weighted by atomic mass is 10.3. The molecule has 0 saturated carbocycles. The summed E-state index contributed by atoms with van der Waals surface area (Å²) in [6.07, 6.45) is 0. The minimum Gasteiger partial charge on any atom is -0.507 e. The molecule has 0 radical (unpaired) electrons. The molecule has 2 unspecified atom stereocenters. The molecular formula is C9H11O4P. The molecule has 0 aliphatic rings. The van der Waals surface area contributed by atoms with Crippen LogP contribution in [0.25, 0.3) is 0 Å². The van der Waals surface area contributed by atoms with Crippen LogP contribution in [0.1, 0.15) is 6.92 Å². The predicted molar refractivity (Wildman–Crippen MR) is 53.8 cm³/mol. The minimum atomic E-state index is -2.47. The first-order valence-corrected chi connectivity index (χ1v) is 5.57. The number of carboxylic acid groups (broad SMARTS) is 1. The smallest absolute Gasteiger partial charge is 0.313 e. The Kier molecular flexibility index (Phi) is 3.31. The molecule has 0 aliphatic carbocycles. The highest BCUT2D eigenvalue weighted by Gasteiger charge is 2.21. The second kappa shape index (κ2) is 4.29. The van der Waals surface area contributed by atoms with E-state index in [1.807, 2.05) is 0 Å². The zero-order chi connectivity index (χ0) is 10.7. The fraction of sp³-hybridized carbons (Fsp3) is 0.222. The van der Waals surface area contributed by atoms with Crippen LogP contribution in [0.4, 0.5) is 0 Å². The van der Waals surface area contributed by atoms with Gasteiger partial charge in [-0.3, -0.25) is 4.79 Å². The lowest BCUT2D eigenvalue weighted by molar-refractivity contribution is -0.136. The third kappa shape index (κ3) is 2.15. The van der Waals surface area contributed by atoms with Crippen molar-refractivity contribution in [3.8, 4) is 5.75 Å². The summed E-state index contributed by atoms with van der Waals surface area (Å²) in [6.45, 7) is 1.37. The molecule has 0 aromatic heterocycles. The van der Waals surface area contributed by atoms with E-state index < -0.39 is 19.4 Å². The van der Waals surface area contributed by atoms with Gasteiger partial charge in [0, 0.05) is 0 Å². The van der Waals surface area contributed by atoms with Crippen molar-refractivity contribution in [2.24, 2.45) is 0 Å². The standard InChI is InChI=1S/C9H11O4P/c1-6(9(11)12)14(13)8-5-3-2-4-7(8)10/h2-6,10,14H,1H3,(H,11,12). The van der Waals surface area contributed by atoms with Crippen molar-refractivity contribution in [2.45, 2.75) is 12.6 Å². The number of carboxylic acids is 1. The number of rotatable bonds is 3. The van der Waals surface area contributed by atoms with Gasteiger partial charge >= 0.3 is 5.97 Å². The number of hydrogen-bond donors (Lipinski definition) is 2. The molecule has 2 atom stereocenters. The first-order valence-electron chi connectivity index (χ1n) is 4.09. The SMILES string of the molecule is CC(C(=O)O)[PH](=O)c1ccccc1O. The van der Waals surface area contributed by atoms with Gasteiger partial charge in [-0.15, -0.1) is 0 Å². The molecule has 1 aromatic carbocycles. The third-order valence-corrected chi connectivity index (χ3v) is 3.92. The van der Waals surface area contributed by atoms with Crippen molar-refractivity contribution in [1.82, 2.24) is 0 Å². The van der Waals surface area contributed by atoms with Crippen LogP contribution < -0.4 is 5.30 Å². The van der Waals surface area contributed by atoms with Crippen LogP contribution in [-0.4, -0.2) is 21.8 Å². The lowest BCUT2D eigenvalue weighted by Crippen LogP contribution is -2.16. The van der Waals surface area contributed by atoms with E-state index in [2.05, 4.69) is 0 Å². The summed E-state index contributed by atoms with van der Waals surface area (Å²) in [4.78, 5) is 10.6. The molecule has 0 aliphatic heterocycles. The molecule has 4 nitrogen and oxygen atoms in total. The molecule has 0 fully saturated rings. The molecule has 1 rings (SSSR count). The average Bonchev–Trinajstić information content (AvgIpc) is 2.16. The van der Waals surface area contributed by atoms with Crippen molar-refractivity contribution in [3.05, 3.63) is 24.3 Å². The Labute approximate surface area is 82.0 Å². The summed E-state index contributed by atoms with van der Waals surface area (Å²) >= 11 is 0. The second-order valence-corrected chi connectivity index (χ2v) is 5.07. The zero-order valence-electron chi connectivity index (χ0n) is 7.60. The summed E-state index contributed by atoms with van der Waals surface area (Å²) in [5.74, 6) is -1.22. The second-order valence-electron chi connectivity index (χ2n) is 2.94. The number of para-hydroxylation sites is 1. The van der Waals surface area contributed by atoms with Crippen molar-refractivity contribution >= 4 is 19.1 Å². The molecule has 1 aromatic rings. The zero-order valence-corrected chi connectivity index (χ0v) is 8.60. The maximum Gasteiger partial charge on any atom is 0.313 e. The van der Waals surface area contributed by atoms with E-state index >= 15 is 0 Å². The van der Waals surface area contributed by atoms with E-state index in [-0.39, 0.29) is 11.1 Å². The monoisotopic (exact) mass is 214 g/mol. The van der Waals surface area contributed by atoms with E-state index in [4.69, 9.17) is 5.11 Å². The average molecular weight is 214 g/mol. The van der Waals surface area contributed by atoms with E-state index in [9.17, 15) is 14.5 Å². The van der Waals surface area contributed by atoms with Gasteiger partial charge in [0.05, 0.1) is 5.30 Å². The molecule has 0 saturated heterocycles. The predicted octanol–water partition coefficient (Wildman–Crippen LogP) is 1.05. The van der Waals surface area contributed by atoms with Crippen molar-refractivity contribution in [2.75, 3.05) is 0 Å². The Morgan fingerprint density at radius 3 is 2.50 bits per heavy atom. The summed E-state index contributed by atoms with van der Waals surface area (Å²) in [5.41, 5.74) is -0.951. The van der Waals surface area contributed by atoms with E-state index in [1.54, 1.807) is 12.1 Å². The molecule has 0 spiro atoms. The van der Waals surface area contributed by atoms with Gasteiger partial charge in [0.15, 0.2) is 0 Å². The molecule has 2 N–H and O–H groups in total. The lowest BCUT2D eigenvalue weighted by Gasteiger charge is -2.07. The van der Waals surface area contributed by atoms with Gasteiger partial charge in [0.25, 0.3) is 0 Å². The van der Waals surface area contributed by atoms with Gasteiger partial charge in [0.2, 0.25) is 0 Å². The number of aliphatic carboxylic acids is 1. The number of phenolic OH excluding ortho intramolecular Hbond substituents is 1. The maximum absolute atomic E-state index is 11.7. The molecule has 0 bridgehead atoms. The van der Waals surface area contributed by atoms with Gasteiger partial charge in [-0.05, 0) is 19.1 Å². The van der Waals surface area contributed by atoms with E-state index in [0.29, 0.717) is 0 Å². The van der Waals surface area contributed by atoms with Crippen LogP contribution >= 0.6 is 7.80 Å². The number of aromatic hydroxyl groups is 1. The summed E-state index contributed by atoms with van der Waals surface area (Å²) in [5, 5.41) is 18.2. The van der Waals surface area contributed by atoms with Gasteiger partial charge in [0.1, 0.15) is 19.2 Å². The number of hydrogen-bond acceptors (Lipinski definition) is 3. The number of phenols is 1. The van der Waals surface area contributed by atoms with Crippen LogP contribution in [0.2, 0.25) is 0 Å². The summed E-state index contributed by atoms with van der Waals surface area (Å²) in [7, 11) is -2.47. The van der Waals surface area contributed by atoms with Crippen LogP contribution in [0.5, 0.6) is 5.75 Å². The van der Waals surface area contributed by atoms with Gasteiger partial charge < -0.3 is 14.8 Å². The molecule has 0 heterocycles. The summed E-state index contributed by atoms with van der Waals surface area (Å²) in [6, 6.07) is 6.09. The fourth-order valence-corrected chi connectivity index (χ4v) is 2.31. The molecule has 5 heteroatoms. The largest absolute Gasteiger partial charge is 0.507 e. The van der Waals surface area contributed by atoms with Crippen LogP contribution in [0.3, 0.4) is 0 Å². The van der Waals surface area contributed by atoms with Crippen molar-refractivity contribution < 1.29 is 19.6 Å². The van der Waals surface area contributed by atoms with E-state index in [1.165, 1.54) is 19.1 Å². The Hall–Kier alpha value is -1.28. The highest BCUT2D eigenvalue weighted by Crippen LogP contribution is 2.30. The first kappa shape index (κ1) is 10.8. The van der Waals surface area contributed by atoms with Crippen LogP contribution in [-0.2, 0) is 9.36 Å². The first-order chi connectivity index (χ1) is 6.54. The highest BCUT2D eigenvalue weighted by molar-refractivity contribution is 7.55. The van der Waals surface area contributed by atoms with Crippen LogP contribution in [0, 0.1) is 0 Å². The maximum atomic E-state index is 11.7. The molecule has 14 heavy (non-hydrogen) atoms. The van der Waals surface area contributed by atoms with Crippen molar-refractivity contribution in [1.29, 1.82) is 0 Å². The third-order valence-electron chi connectivity index (χ3n) is 1.93. The normalized spacial score (nSPS) is 14.6. The molecule has 76 valence electrons. The Balaban J connectivity index is 3.01. The Bertz CT molecular complexity index is 375. The number of carbonyl (C=O) groups is 1. The van der Waals surface area contributed by atoms with Gasteiger partial charge in [-0.1, -0.05) is 12.1 Å². The quantitative estimate of drug-likeness (QED) is 0.737.